The van der Waals surface area contributed by atoms with Crippen LogP contribution in [-0.2, 0) is 21.2 Å². The van der Waals surface area contributed by atoms with E-state index < -0.39 is 22.5 Å². The molecular formula is C20H22F2N2O5S. The molecule has 0 radical (unpaired) electrons. The van der Waals surface area contributed by atoms with Crippen molar-refractivity contribution < 1.29 is 31.5 Å². The van der Waals surface area contributed by atoms with Gasteiger partial charge in [0, 0.05) is 11.8 Å². The van der Waals surface area contributed by atoms with Crippen molar-refractivity contribution in [2.24, 2.45) is 5.14 Å². The van der Waals surface area contributed by atoms with Gasteiger partial charge in [-0.05, 0) is 54.8 Å². The Morgan fingerprint density at radius 1 is 1.17 bits per heavy atom. The van der Waals surface area contributed by atoms with Gasteiger partial charge in [-0.3, -0.25) is 4.79 Å². The van der Waals surface area contributed by atoms with Crippen molar-refractivity contribution in [3.8, 4) is 11.5 Å². The minimum Gasteiger partial charge on any atom is -0.490 e. The molecule has 30 heavy (non-hydrogen) atoms. The summed E-state index contributed by atoms with van der Waals surface area (Å²) in [5.74, 6) is -0.515. The van der Waals surface area contributed by atoms with Crippen molar-refractivity contribution in [2.45, 2.75) is 31.8 Å². The number of sulfonamides is 1. The Bertz CT molecular complexity index is 1040. The number of hydrogen-bond acceptors (Lipinski definition) is 5. The second-order valence-corrected chi connectivity index (χ2v) is 7.59. The van der Waals surface area contributed by atoms with Crippen LogP contribution < -0.4 is 19.9 Å². The first kappa shape index (κ1) is 23.3. The summed E-state index contributed by atoms with van der Waals surface area (Å²) in [5, 5.41) is 7.78. The number of aryl methyl sites for hydroxylation is 1. The summed E-state index contributed by atoms with van der Waals surface area (Å²) in [5.41, 5.74) is 1.32. The molecule has 2 aromatic carbocycles. The van der Waals surface area contributed by atoms with E-state index in [2.05, 4.69) is 10.1 Å². The number of ether oxygens (including phenoxy) is 2. The van der Waals surface area contributed by atoms with Gasteiger partial charge < -0.3 is 14.8 Å². The van der Waals surface area contributed by atoms with Gasteiger partial charge in [0.05, 0.1) is 11.5 Å². The average Bonchev–Trinajstić information content (AvgIpc) is 2.67. The zero-order valence-corrected chi connectivity index (χ0v) is 17.2. The molecule has 7 nitrogen and oxygen atoms in total. The summed E-state index contributed by atoms with van der Waals surface area (Å²) in [7, 11) is -3.93. The quantitative estimate of drug-likeness (QED) is 0.580. The SMILES string of the molecule is CCOc1cc(/C=C/C(=O)Nc2ccc(CC)c(S(N)(=O)=O)c2)ccc1OC(F)F. The third kappa shape index (κ3) is 6.53. The van der Waals surface area contributed by atoms with Gasteiger partial charge in [-0.2, -0.15) is 8.78 Å². The van der Waals surface area contributed by atoms with Gasteiger partial charge in [-0.25, -0.2) is 13.6 Å². The first-order valence-electron chi connectivity index (χ1n) is 9.00. The molecule has 1 amide bonds. The maximum absolute atomic E-state index is 12.5. The first-order valence-corrected chi connectivity index (χ1v) is 10.5. The van der Waals surface area contributed by atoms with Crippen LogP contribution in [0.2, 0.25) is 0 Å². The largest absolute Gasteiger partial charge is 0.490 e. The lowest BCUT2D eigenvalue weighted by Crippen LogP contribution is -2.15. The average molecular weight is 440 g/mol. The lowest BCUT2D eigenvalue weighted by atomic mass is 10.1. The topological polar surface area (TPSA) is 108 Å². The molecule has 2 aromatic rings. The second kappa shape index (κ2) is 10.2. The Hall–Kier alpha value is -2.98. The number of primary sulfonamides is 1. The van der Waals surface area contributed by atoms with Crippen LogP contribution in [0.5, 0.6) is 11.5 Å². The zero-order valence-electron chi connectivity index (χ0n) is 16.4. The van der Waals surface area contributed by atoms with Gasteiger partial charge >= 0.3 is 6.61 Å². The molecule has 0 saturated carbocycles. The summed E-state index contributed by atoms with van der Waals surface area (Å²) >= 11 is 0. The standard InChI is InChI=1S/C20H22F2N2O5S/c1-3-14-7-8-15(12-18(14)30(23,26)27)24-19(25)10-6-13-5-9-16(29-20(21)22)17(11-13)28-4-2/h5-12,20H,3-4H2,1-2H3,(H,24,25)(H2,23,26,27)/b10-6+. The van der Waals surface area contributed by atoms with E-state index in [1.54, 1.807) is 26.0 Å². The Kier molecular flexibility index (Phi) is 7.90. The van der Waals surface area contributed by atoms with Crippen molar-refractivity contribution >= 4 is 27.7 Å². The van der Waals surface area contributed by atoms with Gasteiger partial charge in [-0.15, -0.1) is 0 Å². The molecule has 0 aromatic heterocycles. The van der Waals surface area contributed by atoms with Crippen LogP contribution in [0.25, 0.3) is 6.08 Å². The fourth-order valence-corrected chi connectivity index (χ4v) is 3.50. The van der Waals surface area contributed by atoms with Crippen molar-refractivity contribution in [1.82, 2.24) is 0 Å². The maximum atomic E-state index is 12.5. The van der Waals surface area contributed by atoms with Gasteiger partial charge in [0.25, 0.3) is 0 Å². The predicted molar refractivity (Wildman–Crippen MR) is 109 cm³/mol. The molecule has 0 aliphatic carbocycles. The van der Waals surface area contributed by atoms with Crippen molar-refractivity contribution in [3.63, 3.8) is 0 Å². The van der Waals surface area contributed by atoms with E-state index in [4.69, 9.17) is 9.88 Å². The van der Waals surface area contributed by atoms with Gasteiger partial charge in [0.15, 0.2) is 11.5 Å². The second-order valence-electron chi connectivity index (χ2n) is 6.06. The lowest BCUT2D eigenvalue weighted by molar-refractivity contribution is -0.111. The van der Waals surface area contributed by atoms with Gasteiger partial charge in [0.1, 0.15) is 0 Å². The summed E-state index contributed by atoms with van der Waals surface area (Å²) in [6, 6.07) is 8.71. The van der Waals surface area contributed by atoms with Crippen LogP contribution in [0.4, 0.5) is 14.5 Å². The molecule has 0 unspecified atom stereocenters. The molecule has 2 rings (SSSR count). The van der Waals surface area contributed by atoms with Crippen molar-refractivity contribution in [3.05, 3.63) is 53.6 Å². The number of anilines is 1. The number of nitrogens with two attached hydrogens (primary N) is 1. The van der Waals surface area contributed by atoms with E-state index >= 15 is 0 Å². The Morgan fingerprint density at radius 3 is 2.50 bits per heavy atom. The number of rotatable bonds is 9. The zero-order chi connectivity index (χ0) is 22.3. The van der Waals surface area contributed by atoms with E-state index in [1.165, 1.54) is 36.4 Å². The monoisotopic (exact) mass is 440 g/mol. The number of carbonyl (C=O) groups excluding carboxylic acids is 1. The Balaban J connectivity index is 2.17. The van der Waals surface area contributed by atoms with Gasteiger partial charge in [-0.1, -0.05) is 19.1 Å². The summed E-state index contributed by atoms with van der Waals surface area (Å²) in [6.45, 7) is 0.742. The molecule has 0 spiro atoms. The van der Waals surface area contributed by atoms with E-state index in [-0.39, 0.29) is 28.7 Å². The molecule has 3 N–H and O–H groups in total. The van der Waals surface area contributed by atoms with E-state index in [0.29, 0.717) is 17.5 Å². The highest BCUT2D eigenvalue weighted by atomic mass is 32.2. The lowest BCUT2D eigenvalue weighted by Gasteiger charge is -2.11. The van der Waals surface area contributed by atoms with Crippen LogP contribution in [-0.4, -0.2) is 27.5 Å². The van der Waals surface area contributed by atoms with Crippen molar-refractivity contribution in [2.75, 3.05) is 11.9 Å². The fourth-order valence-electron chi connectivity index (χ4n) is 2.64. The molecular weight excluding hydrogens is 418 g/mol. The third-order valence-electron chi connectivity index (χ3n) is 3.93. The van der Waals surface area contributed by atoms with Crippen LogP contribution in [0, 0.1) is 0 Å². The number of amides is 1. The highest BCUT2D eigenvalue weighted by Crippen LogP contribution is 2.30. The molecule has 0 atom stereocenters. The summed E-state index contributed by atoms with van der Waals surface area (Å²) < 4.78 is 58.0. The molecule has 0 bridgehead atoms. The number of halogens is 2. The molecule has 0 saturated heterocycles. The number of nitrogens with one attached hydrogen (secondary N) is 1. The van der Waals surface area contributed by atoms with Crippen LogP contribution in [0.15, 0.2) is 47.4 Å². The van der Waals surface area contributed by atoms with Crippen LogP contribution >= 0.6 is 0 Å². The molecule has 0 aliphatic rings. The molecule has 162 valence electrons. The predicted octanol–water partition coefficient (Wildman–Crippen LogP) is 3.55. The fraction of sp³-hybridized carbons (Fsp3) is 0.250. The minimum atomic E-state index is -3.93. The molecule has 10 heteroatoms. The van der Waals surface area contributed by atoms with E-state index in [1.807, 2.05) is 0 Å². The minimum absolute atomic E-state index is 0.0530. The van der Waals surface area contributed by atoms with E-state index in [9.17, 15) is 22.0 Å². The summed E-state index contributed by atoms with van der Waals surface area (Å²) in [4.78, 5) is 12.1. The molecule has 0 heterocycles. The summed E-state index contributed by atoms with van der Waals surface area (Å²) in [6.07, 6.45) is 3.13. The first-order chi connectivity index (χ1) is 14.1. The highest BCUT2D eigenvalue weighted by molar-refractivity contribution is 7.89. The molecule has 0 fully saturated rings. The number of alkyl halides is 2. The van der Waals surface area contributed by atoms with Crippen LogP contribution in [0.1, 0.15) is 25.0 Å². The number of carbonyl (C=O) groups is 1. The van der Waals surface area contributed by atoms with Crippen LogP contribution in [0.3, 0.4) is 0 Å². The Labute approximate surface area is 173 Å². The highest BCUT2D eigenvalue weighted by Gasteiger charge is 2.14. The van der Waals surface area contributed by atoms with Crippen molar-refractivity contribution in [1.29, 1.82) is 0 Å². The van der Waals surface area contributed by atoms with E-state index in [0.717, 1.165) is 0 Å². The van der Waals surface area contributed by atoms with Gasteiger partial charge in [0.2, 0.25) is 15.9 Å². The maximum Gasteiger partial charge on any atom is 0.387 e. The normalized spacial score (nSPS) is 11.7. The smallest absolute Gasteiger partial charge is 0.387 e. The number of benzene rings is 2. The number of hydrogen-bond donors (Lipinski definition) is 2. The molecule has 0 aliphatic heterocycles. The Morgan fingerprint density at radius 2 is 1.90 bits per heavy atom. The third-order valence-corrected chi connectivity index (χ3v) is 4.93.